The van der Waals surface area contributed by atoms with Crippen LogP contribution in [0.4, 0.5) is 13.2 Å². The summed E-state index contributed by atoms with van der Waals surface area (Å²) in [5.41, 5.74) is -2.15. The molecular weight excluding hydrogens is 351 g/mol. The smallest absolute Gasteiger partial charge is 0.383 e. The van der Waals surface area contributed by atoms with E-state index in [4.69, 9.17) is 4.74 Å². The zero-order valence-corrected chi connectivity index (χ0v) is 16.3. The molecule has 0 radical (unpaired) electrons. The summed E-state index contributed by atoms with van der Waals surface area (Å²) >= 11 is 0. The lowest BCUT2D eigenvalue weighted by atomic mass is 9.85. The molecule has 2 heterocycles. The van der Waals surface area contributed by atoms with E-state index >= 15 is 0 Å². The quantitative estimate of drug-likeness (QED) is 0.589. The predicted octanol–water partition coefficient (Wildman–Crippen LogP) is 3.17. The molecule has 0 amide bonds. The number of aliphatic hydroxyl groups is 1. The van der Waals surface area contributed by atoms with Crippen LogP contribution in [0.15, 0.2) is 6.07 Å². The van der Waals surface area contributed by atoms with Gasteiger partial charge in [-0.1, -0.05) is 19.6 Å². The van der Waals surface area contributed by atoms with Gasteiger partial charge in [0.2, 0.25) is 0 Å². The van der Waals surface area contributed by atoms with E-state index in [0.717, 1.165) is 16.8 Å². The highest BCUT2D eigenvalue weighted by Gasteiger charge is 2.41. The Morgan fingerprint density at radius 2 is 2.12 bits per heavy atom. The van der Waals surface area contributed by atoms with E-state index in [2.05, 4.69) is 30.1 Å². The summed E-state index contributed by atoms with van der Waals surface area (Å²) < 4.78 is 46.2. The van der Waals surface area contributed by atoms with Crippen LogP contribution in [0.25, 0.3) is 0 Å². The Bertz CT molecular complexity index is 586. The van der Waals surface area contributed by atoms with Crippen molar-refractivity contribution in [3.8, 4) is 0 Å². The van der Waals surface area contributed by atoms with Crippen molar-refractivity contribution in [1.82, 2.24) is 15.1 Å². The van der Waals surface area contributed by atoms with Crippen LogP contribution in [0, 0.1) is 0 Å². The summed E-state index contributed by atoms with van der Waals surface area (Å²) in [6.45, 7) is 9.12. The highest BCUT2D eigenvalue weighted by atomic mass is 28.3. The number of ether oxygens (including phenoxy) is 1. The number of nitrogens with one attached hydrogen (secondary N) is 1. The topological polar surface area (TPSA) is 59.3 Å². The van der Waals surface area contributed by atoms with Crippen LogP contribution >= 0.6 is 0 Å². The second-order valence-corrected chi connectivity index (χ2v) is 13.7. The molecule has 2 unspecified atom stereocenters. The summed E-state index contributed by atoms with van der Waals surface area (Å²) in [5, 5.41) is 18.0. The number of nitrogens with zero attached hydrogens (tertiary/aromatic N) is 2. The molecular formula is C16H28F3N3O2Si. The zero-order valence-electron chi connectivity index (χ0n) is 15.3. The molecule has 0 aliphatic carbocycles. The van der Waals surface area contributed by atoms with Gasteiger partial charge in [0.25, 0.3) is 0 Å². The normalized spacial score (nSPS) is 25.4. The van der Waals surface area contributed by atoms with E-state index in [0.29, 0.717) is 26.0 Å². The highest BCUT2D eigenvalue weighted by molar-refractivity contribution is 6.76. The second-order valence-electron chi connectivity index (χ2n) is 8.10. The van der Waals surface area contributed by atoms with Crippen LogP contribution in [0.1, 0.15) is 31.2 Å². The Hall–Kier alpha value is -0.903. The molecule has 0 saturated carbocycles. The van der Waals surface area contributed by atoms with Gasteiger partial charge >= 0.3 is 6.18 Å². The summed E-state index contributed by atoms with van der Waals surface area (Å²) in [6, 6.07) is 1.85. The summed E-state index contributed by atoms with van der Waals surface area (Å²) in [4.78, 5) is 0. The Morgan fingerprint density at radius 1 is 1.44 bits per heavy atom. The number of alkyl halides is 3. The van der Waals surface area contributed by atoms with Crippen molar-refractivity contribution in [1.29, 1.82) is 0 Å². The summed E-state index contributed by atoms with van der Waals surface area (Å²) in [7, 11) is -1.31. The molecule has 0 bridgehead atoms. The van der Waals surface area contributed by atoms with Crippen molar-refractivity contribution in [2.75, 3.05) is 13.2 Å². The van der Waals surface area contributed by atoms with Crippen molar-refractivity contribution >= 4 is 8.07 Å². The number of piperidine rings is 1. The van der Waals surface area contributed by atoms with Gasteiger partial charge in [0, 0.05) is 20.7 Å². The minimum absolute atomic E-state index is 0.0197. The van der Waals surface area contributed by atoms with Gasteiger partial charge in [-0.3, -0.25) is 0 Å². The first-order chi connectivity index (χ1) is 11.4. The maximum absolute atomic E-state index is 13.3. The third-order valence-electron chi connectivity index (χ3n) is 4.43. The lowest BCUT2D eigenvalue weighted by Gasteiger charge is -2.34. The molecule has 25 heavy (non-hydrogen) atoms. The maximum Gasteiger partial charge on any atom is 0.433 e. The molecule has 1 aliphatic heterocycles. The molecule has 1 fully saturated rings. The molecule has 0 spiro atoms. The predicted molar refractivity (Wildman–Crippen MR) is 91.9 cm³/mol. The van der Waals surface area contributed by atoms with Crippen molar-refractivity contribution in [2.45, 2.75) is 70.0 Å². The van der Waals surface area contributed by atoms with Crippen LogP contribution in [0.5, 0.6) is 0 Å². The molecule has 1 saturated heterocycles. The minimum Gasteiger partial charge on any atom is -0.383 e. The summed E-state index contributed by atoms with van der Waals surface area (Å²) in [5.74, 6) is 0. The molecule has 2 N–H and O–H groups in total. The third-order valence-corrected chi connectivity index (χ3v) is 6.14. The lowest BCUT2D eigenvalue weighted by molar-refractivity contribution is -0.146. The molecule has 144 valence electrons. The lowest BCUT2D eigenvalue weighted by Crippen LogP contribution is -2.45. The van der Waals surface area contributed by atoms with E-state index in [1.165, 1.54) is 0 Å². The fourth-order valence-electron chi connectivity index (χ4n) is 2.94. The SMILES string of the molecule is CC1CC(O)(c2cc(C(F)(F)F)n(COCC[Si](C)(C)C)n2)CCN1. The van der Waals surface area contributed by atoms with Crippen LogP contribution in [0.3, 0.4) is 0 Å². The number of hydrogen-bond donors (Lipinski definition) is 2. The van der Waals surface area contributed by atoms with E-state index < -0.39 is 25.5 Å². The first-order valence-electron chi connectivity index (χ1n) is 8.60. The third kappa shape index (κ3) is 5.53. The zero-order chi connectivity index (χ0) is 18.9. The van der Waals surface area contributed by atoms with Gasteiger partial charge in [-0.15, -0.1) is 0 Å². The van der Waals surface area contributed by atoms with Crippen molar-refractivity contribution in [2.24, 2.45) is 0 Å². The number of rotatable bonds is 6. The Morgan fingerprint density at radius 3 is 2.68 bits per heavy atom. The molecule has 2 atom stereocenters. The van der Waals surface area contributed by atoms with E-state index in [9.17, 15) is 18.3 Å². The molecule has 1 aliphatic rings. The van der Waals surface area contributed by atoms with Crippen molar-refractivity contribution < 1.29 is 23.0 Å². The second kappa shape index (κ2) is 7.38. The molecule has 1 aromatic rings. The van der Waals surface area contributed by atoms with Gasteiger partial charge in [0.1, 0.15) is 18.0 Å². The highest BCUT2D eigenvalue weighted by Crippen LogP contribution is 2.36. The van der Waals surface area contributed by atoms with Crippen LogP contribution < -0.4 is 5.32 Å². The van der Waals surface area contributed by atoms with Gasteiger partial charge in [-0.05, 0) is 38.4 Å². The average Bonchev–Trinajstić information content (AvgIpc) is 2.87. The number of aromatic nitrogens is 2. The number of halogens is 3. The fourth-order valence-corrected chi connectivity index (χ4v) is 3.70. The average molecular weight is 379 g/mol. The summed E-state index contributed by atoms with van der Waals surface area (Å²) in [6.07, 6.45) is -3.87. The minimum atomic E-state index is -4.54. The largest absolute Gasteiger partial charge is 0.433 e. The Labute approximate surface area is 147 Å². The van der Waals surface area contributed by atoms with E-state index in [-0.39, 0.29) is 18.5 Å². The Balaban J connectivity index is 2.16. The molecule has 5 nitrogen and oxygen atoms in total. The van der Waals surface area contributed by atoms with Gasteiger partial charge in [-0.2, -0.15) is 18.3 Å². The van der Waals surface area contributed by atoms with Crippen LogP contribution in [-0.4, -0.2) is 42.2 Å². The van der Waals surface area contributed by atoms with Gasteiger partial charge < -0.3 is 15.2 Å². The van der Waals surface area contributed by atoms with E-state index in [1.54, 1.807) is 0 Å². The van der Waals surface area contributed by atoms with E-state index in [1.807, 2.05) is 6.92 Å². The standard InChI is InChI=1S/C16H28F3N3O2Si/c1-12-10-15(23,5-6-20-12)13-9-14(16(17,18)19)22(21-13)11-24-7-8-25(2,3)4/h9,12,20,23H,5-8,10-11H2,1-4H3. The molecule has 9 heteroatoms. The first-order valence-corrected chi connectivity index (χ1v) is 12.3. The monoisotopic (exact) mass is 379 g/mol. The number of hydrogen-bond acceptors (Lipinski definition) is 4. The van der Waals surface area contributed by atoms with Crippen molar-refractivity contribution in [3.05, 3.63) is 17.5 Å². The van der Waals surface area contributed by atoms with Gasteiger partial charge in [-0.25, -0.2) is 4.68 Å². The Kier molecular flexibility index (Phi) is 6.02. The first kappa shape index (κ1) is 20.4. The molecule has 1 aromatic heterocycles. The maximum atomic E-state index is 13.3. The molecule has 2 rings (SSSR count). The van der Waals surface area contributed by atoms with Crippen molar-refractivity contribution in [3.63, 3.8) is 0 Å². The molecule has 0 aromatic carbocycles. The van der Waals surface area contributed by atoms with Crippen LogP contribution in [-0.2, 0) is 23.2 Å². The van der Waals surface area contributed by atoms with Gasteiger partial charge in [0.05, 0.1) is 5.69 Å². The van der Waals surface area contributed by atoms with Gasteiger partial charge in [0.15, 0.2) is 0 Å². The van der Waals surface area contributed by atoms with Crippen LogP contribution in [0.2, 0.25) is 25.7 Å². The fraction of sp³-hybridized carbons (Fsp3) is 0.812.